The first-order valence-electron chi connectivity index (χ1n) is 14.0. The zero-order chi connectivity index (χ0) is 30.8. The van der Waals surface area contributed by atoms with E-state index in [0.717, 1.165) is 16.9 Å². The highest BCUT2D eigenvalue weighted by molar-refractivity contribution is 6.32. The van der Waals surface area contributed by atoms with Crippen molar-refractivity contribution in [2.45, 2.75) is 31.4 Å². The van der Waals surface area contributed by atoms with Crippen molar-refractivity contribution >= 4 is 39.8 Å². The van der Waals surface area contributed by atoms with Crippen molar-refractivity contribution in [2.24, 2.45) is 0 Å². The first-order chi connectivity index (χ1) is 21.3. The predicted molar refractivity (Wildman–Crippen MR) is 164 cm³/mol. The Kier molecular flexibility index (Phi) is 7.84. The number of amides is 1. The number of H-pyrrole nitrogens is 1. The second-order valence-electron chi connectivity index (χ2n) is 10.6. The molecule has 0 aliphatic carbocycles. The topological polar surface area (TPSA) is 123 Å². The van der Waals surface area contributed by atoms with Crippen molar-refractivity contribution in [1.82, 2.24) is 25.3 Å². The van der Waals surface area contributed by atoms with Crippen LogP contribution in [0.3, 0.4) is 0 Å². The summed E-state index contributed by atoms with van der Waals surface area (Å²) in [5.74, 6) is -3.34. The Labute approximate surface area is 256 Å². The average Bonchev–Trinajstić information content (AvgIpc) is 3.56. The van der Waals surface area contributed by atoms with Crippen LogP contribution in [0.4, 0.5) is 20.2 Å². The lowest BCUT2D eigenvalue weighted by molar-refractivity contribution is -0.113. The number of pyridine rings is 1. The highest BCUT2D eigenvalue weighted by atomic mass is 35.5. The van der Waals surface area contributed by atoms with Gasteiger partial charge in [0.2, 0.25) is 0 Å². The first kappa shape index (κ1) is 29.0. The van der Waals surface area contributed by atoms with Crippen LogP contribution in [-0.4, -0.2) is 50.2 Å². The molecule has 1 aliphatic rings. The zero-order valence-electron chi connectivity index (χ0n) is 23.6. The molecule has 222 valence electrons. The number of halogens is 3. The number of fused-ring (bicyclic) bond motifs is 1. The summed E-state index contributed by atoms with van der Waals surface area (Å²) < 4.78 is 26.9. The van der Waals surface area contributed by atoms with Crippen LogP contribution in [0.15, 0.2) is 79.1 Å². The third-order valence-corrected chi connectivity index (χ3v) is 7.83. The number of benzene rings is 3. The van der Waals surface area contributed by atoms with E-state index < -0.39 is 31.0 Å². The largest absolute Gasteiger partial charge is 0.377 e. The fourth-order valence-corrected chi connectivity index (χ4v) is 5.64. The smallest absolute Gasteiger partial charge is 0.282 e. The minimum absolute atomic E-state index is 0.0706. The van der Waals surface area contributed by atoms with Crippen LogP contribution in [-0.2, 0) is 0 Å². The van der Waals surface area contributed by atoms with Gasteiger partial charge in [-0.05, 0) is 41.8 Å². The molecule has 3 heterocycles. The van der Waals surface area contributed by atoms with E-state index in [4.69, 9.17) is 11.6 Å². The monoisotopic (exact) mass is 612 g/mol. The molecule has 6 rings (SSSR count). The van der Waals surface area contributed by atoms with Gasteiger partial charge in [0.15, 0.2) is 0 Å². The third kappa shape index (κ3) is 5.76. The number of hydrogen-bond acceptors (Lipinski definition) is 7. The van der Waals surface area contributed by atoms with Crippen LogP contribution in [0.2, 0.25) is 5.02 Å². The number of hydrogen-bond donors (Lipinski definition) is 3. The van der Waals surface area contributed by atoms with Gasteiger partial charge in [-0.1, -0.05) is 66.2 Å². The fraction of sp³-hybridized carbons (Fsp3) is 0.219. The number of rotatable bonds is 9. The Balaban J connectivity index is 1.40. The molecule has 1 amide bonds. The molecule has 1 saturated heterocycles. The summed E-state index contributed by atoms with van der Waals surface area (Å²) in [6.07, 6.45) is 3.91. The number of nitrogens with one attached hydrogen (secondary N) is 3. The second-order valence-corrected chi connectivity index (χ2v) is 11.1. The summed E-state index contributed by atoms with van der Waals surface area (Å²) in [6.45, 7) is 0.853. The highest BCUT2D eigenvalue weighted by Crippen LogP contribution is 2.38. The van der Waals surface area contributed by atoms with Gasteiger partial charge in [0.1, 0.15) is 11.8 Å². The molecule has 44 heavy (non-hydrogen) atoms. The fourth-order valence-electron chi connectivity index (χ4n) is 5.42. The molecule has 0 saturated carbocycles. The lowest BCUT2D eigenvalue weighted by Gasteiger charge is -2.38. The van der Waals surface area contributed by atoms with E-state index >= 15 is 0 Å². The quantitative estimate of drug-likeness (QED) is 0.169. The molecule has 5 aromatic rings. The van der Waals surface area contributed by atoms with Crippen LogP contribution in [0.25, 0.3) is 10.9 Å². The Morgan fingerprint density at radius 2 is 1.89 bits per heavy atom. The highest BCUT2D eigenvalue weighted by Gasteiger charge is 2.46. The van der Waals surface area contributed by atoms with Gasteiger partial charge in [-0.15, -0.1) is 5.10 Å². The van der Waals surface area contributed by atoms with Crippen LogP contribution < -0.4 is 10.6 Å². The van der Waals surface area contributed by atoms with Crippen molar-refractivity contribution in [3.63, 3.8) is 0 Å². The normalized spacial score (nSPS) is 15.2. The molecule has 0 bridgehead atoms. The van der Waals surface area contributed by atoms with E-state index in [1.165, 1.54) is 6.20 Å². The van der Waals surface area contributed by atoms with Crippen molar-refractivity contribution in [3.8, 4) is 6.07 Å². The number of nitrogens with zero attached hydrogens (tertiary/aromatic N) is 5. The van der Waals surface area contributed by atoms with Crippen LogP contribution in [0, 0.1) is 11.3 Å². The number of likely N-dealkylation sites (tertiary alicyclic amines) is 1. The number of alkyl halides is 2. The average molecular weight is 613 g/mol. The Morgan fingerprint density at radius 1 is 1.11 bits per heavy atom. The number of aromatic amines is 1. The Morgan fingerprint density at radius 3 is 2.57 bits per heavy atom. The van der Waals surface area contributed by atoms with Gasteiger partial charge in [0.05, 0.1) is 47.6 Å². The van der Waals surface area contributed by atoms with E-state index in [1.807, 2.05) is 30.3 Å². The van der Waals surface area contributed by atoms with Crippen LogP contribution in [0.5, 0.6) is 0 Å². The van der Waals surface area contributed by atoms with Crippen molar-refractivity contribution < 1.29 is 13.6 Å². The van der Waals surface area contributed by atoms with Gasteiger partial charge < -0.3 is 15.5 Å². The minimum atomic E-state index is -2.87. The first-order valence-corrected chi connectivity index (χ1v) is 14.4. The second kappa shape index (κ2) is 11.9. The SMILES string of the molecule is CC[C@@H](Nc1c(C#N)cnc2c(N[C@@H](c3cccc(C(=O)N4CC(F)(F)C4)c3)c3c[nH]nn3)cc(Cl)cc12)c1ccccc1. The lowest BCUT2D eigenvalue weighted by Crippen LogP contribution is -2.58. The summed E-state index contributed by atoms with van der Waals surface area (Å²) in [4.78, 5) is 18.7. The van der Waals surface area contributed by atoms with Gasteiger partial charge in [0, 0.05) is 28.4 Å². The molecule has 1 fully saturated rings. The summed E-state index contributed by atoms with van der Waals surface area (Å²) in [5.41, 5.74) is 4.60. The van der Waals surface area contributed by atoms with Gasteiger partial charge in [-0.2, -0.15) is 5.26 Å². The van der Waals surface area contributed by atoms with Gasteiger partial charge >= 0.3 is 0 Å². The molecule has 3 N–H and O–H groups in total. The molecule has 0 radical (unpaired) electrons. The van der Waals surface area contributed by atoms with Crippen LogP contribution in [0.1, 0.15) is 58.2 Å². The molecule has 0 unspecified atom stereocenters. The Bertz CT molecular complexity index is 1850. The summed E-state index contributed by atoms with van der Waals surface area (Å²) >= 11 is 6.66. The lowest BCUT2D eigenvalue weighted by atomic mass is 9.99. The van der Waals surface area contributed by atoms with E-state index in [0.29, 0.717) is 44.1 Å². The van der Waals surface area contributed by atoms with E-state index in [2.05, 4.69) is 44.0 Å². The summed E-state index contributed by atoms with van der Waals surface area (Å²) in [6, 6.07) is 21.8. The maximum Gasteiger partial charge on any atom is 0.282 e. The maximum atomic E-state index is 13.5. The molecule has 0 spiro atoms. The van der Waals surface area contributed by atoms with Crippen molar-refractivity contribution in [1.29, 1.82) is 5.26 Å². The van der Waals surface area contributed by atoms with Crippen molar-refractivity contribution in [3.05, 3.63) is 112 Å². The van der Waals surface area contributed by atoms with Gasteiger partial charge in [-0.25, -0.2) is 8.78 Å². The van der Waals surface area contributed by atoms with Crippen molar-refractivity contribution in [2.75, 3.05) is 23.7 Å². The number of nitriles is 1. The molecule has 2 atom stereocenters. The third-order valence-electron chi connectivity index (χ3n) is 7.62. The Hall–Kier alpha value is -5.08. The zero-order valence-corrected chi connectivity index (χ0v) is 24.3. The van der Waals surface area contributed by atoms with Gasteiger partial charge in [0.25, 0.3) is 11.8 Å². The number of carbonyl (C=O) groups excluding carboxylic acids is 1. The summed E-state index contributed by atoms with van der Waals surface area (Å²) in [5, 5.41) is 28.8. The number of carbonyl (C=O) groups is 1. The minimum Gasteiger partial charge on any atom is -0.377 e. The maximum absolute atomic E-state index is 13.5. The van der Waals surface area contributed by atoms with E-state index in [-0.39, 0.29) is 11.6 Å². The van der Waals surface area contributed by atoms with E-state index in [9.17, 15) is 18.8 Å². The summed E-state index contributed by atoms with van der Waals surface area (Å²) in [7, 11) is 0. The number of aromatic nitrogens is 4. The number of anilines is 2. The molecular weight excluding hydrogens is 586 g/mol. The van der Waals surface area contributed by atoms with Gasteiger partial charge in [-0.3, -0.25) is 14.9 Å². The molecule has 1 aliphatic heterocycles. The molecule has 3 aromatic carbocycles. The van der Waals surface area contributed by atoms with Crippen LogP contribution >= 0.6 is 11.6 Å². The molecule has 2 aromatic heterocycles. The standard InChI is InChI=1S/C32H27ClF2N8O/c1-2-25(19-7-4-3-5-8-19)39-28-22(14-36)15-37-30-24(28)12-23(33)13-26(30)40-29(27-16-38-42-41-27)20-9-6-10-21(11-20)31(44)43-17-32(34,35)18-43/h3-13,15-16,25,29,40H,2,17-18H2,1H3,(H,37,39)(H,38,41,42)/t25-,29+/m1/s1. The molecular formula is C32H27ClF2N8O. The predicted octanol–water partition coefficient (Wildman–Crippen LogP) is 6.73. The molecule has 12 heteroatoms. The molecule has 9 nitrogen and oxygen atoms in total. The van der Waals surface area contributed by atoms with E-state index in [1.54, 1.807) is 42.6 Å².